The molecule has 1 amide bonds. The third-order valence-electron chi connectivity index (χ3n) is 3.89. The van der Waals surface area contributed by atoms with E-state index in [9.17, 15) is 9.90 Å². The SMILES string of the molecule is NC(=O)c1nnc(-c2ccccc2O)cc1CN1CCNCC1. The van der Waals surface area contributed by atoms with Gasteiger partial charge in [0.1, 0.15) is 5.75 Å². The Morgan fingerprint density at radius 2 is 2.00 bits per heavy atom. The maximum absolute atomic E-state index is 11.6. The number of aromatic hydroxyl groups is 1. The van der Waals surface area contributed by atoms with Gasteiger partial charge in [-0.25, -0.2) is 0 Å². The van der Waals surface area contributed by atoms with Crippen LogP contribution in [0.15, 0.2) is 30.3 Å². The minimum atomic E-state index is -0.591. The number of benzene rings is 1. The highest BCUT2D eigenvalue weighted by Gasteiger charge is 2.18. The number of carbonyl (C=O) groups is 1. The van der Waals surface area contributed by atoms with E-state index in [-0.39, 0.29) is 11.4 Å². The first-order valence-electron chi connectivity index (χ1n) is 7.53. The molecule has 1 aliphatic heterocycles. The maximum atomic E-state index is 11.6. The quantitative estimate of drug-likeness (QED) is 0.752. The second-order valence-electron chi connectivity index (χ2n) is 5.51. The number of phenols is 1. The molecule has 1 saturated heterocycles. The monoisotopic (exact) mass is 313 g/mol. The zero-order valence-corrected chi connectivity index (χ0v) is 12.7. The third kappa shape index (κ3) is 3.46. The number of phenolic OH excluding ortho intramolecular Hbond substituents is 1. The van der Waals surface area contributed by atoms with E-state index >= 15 is 0 Å². The first-order valence-corrected chi connectivity index (χ1v) is 7.53. The predicted molar refractivity (Wildman–Crippen MR) is 85.8 cm³/mol. The summed E-state index contributed by atoms with van der Waals surface area (Å²) in [6.07, 6.45) is 0. The number of nitrogens with one attached hydrogen (secondary N) is 1. The van der Waals surface area contributed by atoms with Crippen LogP contribution in [-0.4, -0.2) is 52.3 Å². The van der Waals surface area contributed by atoms with Gasteiger partial charge in [0.15, 0.2) is 5.69 Å². The van der Waals surface area contributed by atoms with Crippen LogP contribution in [-0.2, 0) is 6.54 Å². The highest BCUT2D eigenvalue weighted by Crippen LogP contribution is 2.27. The molecule has 1 aromatic carbocycles. The molecule has 0 atom stereocenters. The lowest BCUT2D eigenvalue weighted by Crippen LogP contribution is -2.43. The fraction of sp³-hybridized carbons (Fsp3) is 0.312. The first-order chi connectivity index (χ1) is 11.1. The molecule has 0 radical (unpaired) electrons. The van der Waals surface area contributed by atoms with Gasteiger partial charge in [-0.15, -0.1) is 10.2 Å². The largest absolute Gasteiger partial charge is 0.507 e. The lowest BCUT2D eigenvalue weighted by Gasteiger charge is -2.27. The van der Waals surface area contributed by atoms with Crippen molar-refractivity contribution in [2.24, 2.45) is 5.73 Å². The molecule has 2 heterocycles. The Hall–Kier alpha value is -2.51. The van der Waals surface area contributed by atoms with Crippen LogP contribution < -0.4 is 11.1 Å². The fourth-order valence-corrected chi connectivity index (χ4v) is 2.69. The molecule has 0 saturated carbocycles. The average molecular weight is 313 g/mol. The Morgan fingerprint density at radius 3 is 2.70 bits per heavy atom. The summed E-state index contributed by atoms with van der Waals surface area (Å²) in [5.74, 6) is -0.465. The zero-order chi connectivity index (χ0) is 16.2. The molecule has 0 spiro atoms. The van der Waals surface area contributed by atoms with Gasteiger partial charge in [0, 0.05) is 43.9 Å². The smallest absolute Gasteiger partial charge is 0.269 e. The topological polar surface area (TPSA) is 104 Å². The van der Waals surface area contributed by atoms with Crippen LogP contribution in [0.1, 0.15) is 16.1 Å². The van der Waals surface area contributed by atoms with Crippen LogP contribution in [0, 0.1) is 0 Å². The molecule has 3 rings (SSSR count). The fourth-order valence-electron chi connectivity index (χ4n) is 2.69. The van der Waals surface area contributed by atoms with Crippen molar-refractivity contribution < 1.29 is 9.90 Å². The van der Waals surface area contributed by atoms with Gasteiger partial charge in [-0.1, -0.05) is 12.1 Å². The minimum Gasteiger partial charge on any atom is -0.507 e. The Bertz CT molecular complexity index is 713. The van der Waals surface area contributed by atoms with E-state index in [0.717, 1.165) is 31.7 Å². The molecule has 1 fully saturated rings. The van der Waals surface area contributed by atoms with Crippen LogP contribution >= 0.6 is 0 Å². The highest BCUT2D eigenvalue weighted by atomic mass is 16.3. The number of piperazine rings is 1. The molecule has 0 bridgehead atoms. The van der Waals surface area contributed by atoms with Crippen LogP contribution in [0.4, 0.5) is 0 Å². The van der Waals surface area contributed by atoms with Gasteiger partial charge in [-0.3, -0.25) is 9.69 Å². The zero-order valence-electron chi connectivity index (χ0n) is 12.7. The van der Waals surface area contributed by atoms with E-state index in [1.165, 1.54) is 0 Å². The third-order valence-corrected chi connectivity index (χ3v) is 3.89. The summed E-state index contributed by atoms with van der Waals surface area (Å²) in [4.78, 5) is 13.8. The van der Waals surface area contributed by atoms with Crippen molar-refractivity contribution in [3.8, 4) is 17.0 Å². The van der Waals surface area contributed by atoms with Gasteiger partial charge in [0.2, 0.25) is 0 Å². The Labute approximate surface area is 134 Å². The number of nitrogens with two attached hydrogens (primary N) is 1. The number of para-hydroxylation sites is 1. The van der Waals surface area contributed by atoms with E-state index in [4.69, 9.17) is 5.73 Å². The maximum Gasteiger partial charge on any atom is 0.269 e. The van der Waals surface area contributed by atoms with Crippen molar-refractivity contribution in [2.75, 3.05) is 26.2 Å². The van der Waals surface area contributed by atoms with E-state index in [1.807, 2.05) is 6.07 Å². The lowest BCUT2D eigenvalue weighted by atomic mass is 10.1. The summed E-state index contributed by atoms with van der Waals surface area (Å²) in [5.41, 5.74) is 7.44. The standard InChI is InChI=1S/C16H19N5O2/c17-16(23)15-11(10-21-7-5-18-6-8-21)9-13(19-20-15)12-3-1-2-4-14(12)22/h1-4,9,18,22H,5-8,10H2,(H2,17,23). The molecular formula is C16H19N5O2. The van der Waals surface area contributed by atoms with Gasteiger partial charge >= 0.3 is 0 Å². The van der Waals surface area contributed by atoms with Crippen LogP contribution in [0.5, 0.6) is 5.75 Å². The lowest BCUT2D eigenvalue weighted by molar-refractivity contribution is 0.0992. The Morgan fingerprint density at radius 1 is 1.26 bits per heavy atom. The van der Waals surface area contributed by atoms with E-state index in [2.05, 4.69) is 20.4 Å². The van der Waals surface area contributed by atoms with Gasteiger partial charge in [-0.2, -0.15) is 0 Å². The number of amides is 1. The number of carbonyl (C=O) groups excluding carboxylic acids is 1. The summed E-state index contributed by atoms with van der Waals surface area (Å²) < 4.78 is 0. The molecule has 23 heavy (non-hydrogen) atoms. The van der Waals surface area contributed by atoms with Crippen molar-refractivity contribution in [1.82, 2.24) is 20.4 Å². The average Bonchev–Trinajstić information content (AvgIpc) is 2.56. The van der Waals surface area contributed by atoms with Gasteiger partial charge in [-0.05, 0) is 18.2 Å². The second kappa shape index (κ2) is 6.72. The number of hydrogen-bond acceptors (Lipinski definition) is 6. The summed E-state index contributed by atoms with van der Waals surface area (Å²) in [5, 5.41) is 21.3. The summed E-state index contributed by atoms with van der Waals surface area (Å²) in [6, 6.07) is 8.69. The molecule has 1 aromatic heterocycles. The van der Waals surface area contributed by atoms with Gasteiger partial charge in [0.25, 0.3) is 5.91 Å². The summed E-state index contributed by atoms with van der Waals surface area (Å²) in [7, 11) is 0. The number of primary amides is 1. The van der Waals surface area contributed by atoms with Crippen molar-refractivity contribution in [3.63, 3.8) is 0 Å². The predicted octanol–water partition coefficient (Wildman–Crippen LogP) is 0.353. The van der Waals surface area contributed by atoms with E-state index in [0.29, 0.717) is 17.8 Å². The molecule has 7 nitrogen and oxygen atoms in total. The van der Waals surface area contributed by atoms with Crippen molar-refractivity contribution in [3.05, 3.63) is 41.6 Å². The van der Waals surface area contributed by atoms with Crippen molar-refractivity contribution in [2.45, 2.75) is 6.54 Å². The Balaban J connectivity index is 1.96. The Kier molecular flexibility index (Phi) is 4.50. The van der Waals surface area contributed by atoms with Crippen LogP contribution in [0.25, 0.3) is 11.3 Å². The second-order valence-corrected chi connectivity index (χ2v) is 5.51. The highest BCUT2D eigenvalue weighted by molar-refractivity contribution is 5.92. The molecule has 7 heteroatoms. The molecular weight excluding hydrogens is 294 g/mol. The van der Waals surface area contributed by atoms with Crippen molar-refractivity contribution in [1.29, 1.82) is 0 Å². The molecule has 2 aromatic rings. The first kappa shape index (κ1) is 15.4. The molecule has 0 aliphatic carbocycles. The van der Waals surface area contributed by atoms with Crippen molar-refractivity contribution >= 4 is 5.91 Å². The van der Waals surface area contributed by atoms with Crippen LogP contribution in [0.3, 0.4) is 0 Å². The number of hydrogen-bond donors (Lipinski definition) is 3. The molecule has 1 aliphatic rings. The normalized spacial score (nSPS) is 15.5. The van der Waals surface area contributed by atoms with E-state index in [1.54, 1.807) is 24.3 Å². The number of rotatable bonds is 4. The van der Waals surface area contributed by atoms with Gasteiger partial charge in [0.05, 0.1) is 5.69 Å². The molecule has 120 valence electrons. The number of nitrogens with zero attached hydrogens (tertiary/aromatic N) is 3. The molecule has 0 unspecified atom stereocenters. The van der Waals surface area contributed by atoms with Gasteiger partial charge < -0.3 is 16.2 Å². The summed E-state index contributed by atoms with van der Waals surface area (Å²) >= 11 is 0. The number of aromatic nitrogens is 2. The molecule has 4 N–H and O–H groups in total. The summed E-state index contributed by atoms with van der Waals surface area (Å²) in [6.45, 7) is 4.20. The minimum absolute atomic E-state index is 0.127. The van der Waals surface area contributed by atoms with Crippen LogP contribution in [0.2, 0.25) is 0 Å². The van der Waals surface area contributed by atoms with E-state index < -0.39 is 5.91 Å².